The van der Waals surface area contributed by atoms with Crippen molar-refractivity contribution < 1.29 is 4.74 Å². The summed E-state index contributed by atoms with van der Waals surface area (Å²) in [5.41, 5.74) is 1.48. The first-order valence-corrected chi connectivity index (χ1v) is 7.46. The second kappa shape index (κ2) is 5.39. The molecule has 3 rings (SSSR count). The molecule has 2 unspecified atom stereocenters. The molecule has 3 heteroatoms. The molecule has 0 radical (unpaired) electrons. The number of benzene rings is 1. The zero-order valence-corrected chi connectivity index (χ0v) is 11.5. The minimum atomic E-state index is 0.595. The van der Waals surface area contributed by atoms with Gasteiger partial charge in [0.2, 0.25) is 0 Å². The van der Waals surface area contributed by atoms with E-state index in [4.69, 9.17) is 4.74 Å². The van der Waals surface area contributed by atoms with Crippen LogP contribution in [0.5, 0.6) is 0 Å². The Morgan fingerprint density at radius 1 is 1.39 bits per heavy atom. The van der Waals surface area contributed by atoms with Gasteiger partial charge in [-0.15, -0.1) is 11.3 Å². The molecule has 2 heterocycles. The van der Waals surface area contributed by atoms with Gasteiger partial charge in [0, 0.05) is 23.3 Å². The van der Waals surface area contributed by atoms with Gasteiger partial charge < -0.3 is 10.1 Å². The van der Waals surface area contributed by atoms with Gasteiger partial charge in [-0.25, -0.2) is 0 Å². The number of fused-ring (bicyclic) bond motifs is 1. The Kier molecular flexibility index (Phi) is 3.64. The van der Waals surface area contributed by atoms with Crippen molar-refractivity contribution >= 4 is 21.4 Å². The summed E-state index contributed by atoms with van der Waals surface area (Å²) in [4.78, 5) is 0. The monoisotopic (exact) mass is 261 g/mol. The number of thiophene rings is 1. The maximum absolute atomic E-state index is 5.64. The fourth-order valence-electron chi connectivity index (χ4n) is 2.85. The van der Waals surface area contributed by atoms with Gasteiger partial charge in [-0.05, 0) is 42.3 Å². The summed E-state index contributed by atoms with van der Waals surface area (Å²) in [6.07, 6.45) is 2.25. The zero-order chi connectivity index (χ0) is 12.4. The highest BCUT2D eigenvalue weighted by molar-refractivity contribution is 7.17. The van der Waals surface area contributed by atoms with Crippen LogP contribution in [-0.4, -0.2) is 26.3 Å². The molecule has 1 aromatic heterocycles. The van der Waals surface area contributed by atoms with Gasteiger partial charge in [0.1, 0.15) is 0 Å². The minimum Gasteiger partial charge on any atom is -0.381 e. The van der Waals surface area contributed by atoms with Crippen LogP contribution < -0.4 is 5.32 Å². The SMILES string of the molecule is CNC1CCOCC1Cc1csc2ccccc12. The van der Waals surface area contributed by atoms with Crippen molar-refractivity contribution in [1.82, 2.24) is 5.32 Å². The van der Waals surface area contributed by atoms with Crippen LogP contribution in [0.15, 0.2) is 29.6 Å². The van der Waals surface area contributed by atoms with Crippen LogP contribution in [0.2, 0.25) is 0 Å². The molecular formula is C15H19NOS. The van der Waals surface area contributed by atoms with Gasteiger partial charge in [-0.3, -0.25) is 0 Å². The molecular weight excluding hydrogens is 242 g/mol. The first-order chi connectivity index (χ1) is 8.88. The molecule has 2 atom stereocenters. The first-order valence-electron chi connectivity index (χ1n) is 6.58. The van der Waals surface area contributed by atoms with E-state index < -0.39 is 0 Å². The highest BCUT2D eigenvalue weighted by Gasteiger charge is 2.25. The summed E-state index contributed by atoms with van der Waals surface area (Å²) in [7, 11) is 2.06. The quantitative estimate of drug-likeness (QED) is 0.917. The molecule has 1 aliphatic heterocycles. The number of hydrogen-bond donors (Lipinski definition) is 1. The third-order valence-corrected chi connectivity index (χ3v) is 4.90. The normalized spacial score (nSPS) is 24.5. The van der Waals surface area contributed by atoms with Crippen molar-refractivity contribution in [3.8, 4) is 0 Å². The smallest absolute Gasteiger partial charge is 0.0512 e. The summed E-state index contributed by atoms with van der Waals surface area (Å²) in [6, 6.07) is 9.28. The molecule has 0 saturated carbocycles. The fraction of sp³-hybridized carbons (Fsp3) is 0.467. The molecule has 0 amide bonds. The second-order valence-electron chi connectivity index (χ2n) is 4.98. The Morgan fingerprint density at radius 3 is 3.17 bits per heavy atom. The van der Waals surface area contributed by atoms with Crippen LogP contribution in [0.4, 0.5) is 0 Å². The molecule has 2 aromatic rings. The standard InChI is InChI=1S/C15H19NOS/c1-16-14-6-7-17-9-11(14)8-12-10-18-15-5-3-2-4-13(12)15/h2-5,10-11,14,16H,6-9H2,1H3. The molecule has 0 bridgehead atoms. The number of hydrogen-bond acceptors (Lipinski definition) is 3. The third kappa shape index (κ3) is 2.30. The van der Waals surface area contributed by atoms with Crippen LogP contribution in [0, 0.1) is 5.92 Å². The Hall–Kier alpha value is -0.900. The van der Waals surface area contributed by atoms with Crippen molar-refractivity contribution in [2.24, 2.45) is 5.92 Å². The van der Waals surface area contributed by atoms with E-state index in [1.165, 1.54) is 15.6 Å². The molecule has 2 nitrogen and oxygen atoms in total. The van der Waals surface area contributed by atoms with Gasteiger partial charge in [0.15, 0.2) is 0 Å². The fourth-order valence-corrected chi connectivity index (χ4v) is 3.83. The van der Waals surface area contributed by atoms with E-state index in [-0.39, 0.29) is 0 Å². The van der Waals surface area contributed by atoms with Crippen LogP contribution in [0.1, 0.15) is 12.0 Å². The van der Waals surface area contributed by atoms with E-state index in [0.717, 1.165) is 26.1 Å². The summed E-state index contributed by atoms with van der Waals surface area (Å²) in [5.74, 6) is 0.599. The Labute approximate surface area is 112 Å². The summed E-state index contributed by atoms with van der Waals surface area (Å²) in [5, 5.41) is 7.17. The molecule has 0 aliphatic carbocycles. The summed E-state index contributed by atoms with van der Waals surface area (Å²) < 4.78 is 7.03. The average Bonchev–Trinajstić information content (AvgIpc) is 2.83. The van der Waals surface area contributed by atoms with Crippen molar-refractivity contribution in [2.75, 3.05) is 20.3 Å². The average molecular weight is 261 g/mol. The van der Waals surface area contributed by atoms with Crippen LogP contribution >= 0.6 is 11.3 Å². The van der Waals surface area contributed by atoms with Gasteiger partial charge in [0.05, 0.1) is 6.61 Å². The molecule has 0 spiro atoms. The summed E-state index contributed by atoms with van der Waals surface area (Å²) in [6.45, 7) is 1.78. The highest BCUT2D eigenvalue weighted by atomic mass is 32.1. The number of rotatable bonds is 3. The van der Waals surface area contributed by atoms with Crippen LogP contribution in [-0.2, 0) is 11.2 Å². The highest BCUT2D eigenvalue weighted by Crippen LogP contribution is 2.29. The minimum absolute atomic E-state index is 0.595. The Bertz CT molecular complexity index is 522. The Balaban J connectivity index is 1.82. The van der Waals surface area contributed by atoms with Crippen molar-refractivity contribution in [3.05, 3.63) is 35.2 Å². The largest absolute Gasteiger partial charge is 0.381 e. The number of nitrogens with one attached hydrogen (secondary N) is 1. The van der Waals surface area contributed by atoms with E-state index in [2.05, 4.69) is 42.0 Å². The van der Waals surface area contributed by atoms with E-state index in [0.29, 0.717) is 12.0 Å². The van der Waals surface area contributed by atoms with Gasteiger partial charge in [0.25, 0.3) is 0 Å². The molecule has 96 valence electrons. The molecule has 1 aromatic carbocycles. The molecule has 1 aliphatic rings. The van der Waals surface area contributed by atoms with E-state index in [1.807, 2.05) is 11.3 Å². The predicted molar refractivity (Wildman–Crippen MR) is 77.3 cm³/mol. The molecule has 18 heavy (non-hydrogen) atoms. The summed E-state index contributed by atoms with van der Waals surface area (Å²) >= 11 is 1.85. The van der Waals surface area contributed by atoms with Gasteiger partial charge >= 0.3 is 0 Å². The Morgan fingerprint density at radius 2 is 2.28 bits per heavy atom. The number of ether oxygens (including phenoxy) is 1. The zero-order valence-electron chi connectivity index (χ0n) is 10.7. The van der Waals surface area contributed by atoms with Crippen LogP contribution in [0.3, 0.4) is 0 Å². The van der Waals surface area contributed by atoms with Crippen molar-refractivity contribution in [1.29, 1.82) is 0 Å². The maximum Gasteiger partial charge on any atom is 0.0512 e. The lowest BCUT2D eigenvalue weighted by molar-refractivity contribution is 0.0344. The molecule has 1 fully saturated rings. The van der Waals surface area contributed by atoms with Gasteiger partial charge in [-0.1, -0.05) is 18.2 Å². The van der Waals surface area contributed by atoms with Crippen molar-refractivity contribution in [3.63, 3.8) is 0 Å². The van der Waals surface area contributed by atoms with Gasteiger partial charge in [-0.2, -0.15) is 0 Å². The lowest BCUT2D eigenvalue weighted by Gasteiger charge is -2.31. The van der Waals surface area contributed by atoms with E-state index in [9.17, 15) is 0 Å². The third-order valence-electron chi connectivity index (χ3n) is 3.89. The topological polar surface area (TPSA) is 21.3 Å². The van der Waals surface area contributed by atoms with E-state index in [1.54, 1.807) is 0 Å². The maximum atomic E-state index is 5.64. The first kappa shape index (κ1) is 12.2. The van der Waals surface area contributed by atoms with Crippen molar-refractivity contribution in [2.45, 2.75) is 18.9 Å². The lowest BCUT2D eigenvalue weighted by atomic mass is 9.89. The molecule has 1 saturated heterocycles. The second-order valence-corrected chi connectivity index (χ2v) is 5.89. The predicted octanol–water partition coefficient (Wildman–Crippen LogP) is 3.07. The van der Waals surface area contributed by atoms with Crippen LogP contribution in [0.25, 0.3) is 10.1 Å². The molecule has 1 N–H and O–H groups in total. The lowest BCUT2D eigenvalue weighted by Crippen LogP contribution is -2.41. The van der Waals surface area contributed by atoms with E-state index >= 15 is 0 Å².